The van der Waals surface area contributed by atoms with Crippen molar-refractivity contribution in [1.82, 2.24) is 8.87 Å². The zero-order valence-corrected chi connectivity index (χ0v) is 21.0. The van der Waals surface area contributed by atoms with Gasteiger partial charge in [-0.3, -0.25) is 4.79 Å². The van der Waals surface area contributed by atoms with Crippen molar-refractivity contribution in [2.24, 2.45) is 4.99 Å². The van der Waals surface area contributed by atoms with Gasteiger partial charge in [0.05, 0.1) is 34.9 Å². The Kier molecular flexibility index (Phi) is 8.77. The van der Waals surface area contributed by atoms with E-state index < -0.39 is 15.9 Å². The summed E-state index contributed by atoms with van der Waals surface area (Å²) in [7, 11) is -0.756. The second-order valence-corrected chi connectivity index (χ2v) is 10.4. The normalized spacial score (nSPS) is 12.4. The Morgan fingerprint density at radius 1 is 1.12 bits per heavy atom. The molecule has 0 unspecified atom stereocenters. The molecule has 3 aromatic rings. The first kappa shape index (κ1) is 25.8. The molecule has 0 fully saturated rings. The van der Waals surface area contributed by atoms with Crippen LogP contribution in [0.4, 0.5) is 0 Å². The fourth-order valence-electron chi connectivity index (χ4n) is 3.44. The Hall–Kier alpha value is -2.81. The largest absolute Gasteiger partial charge is 0.383 e. The summed E-state index contributed by atoms with van der Waals surface area (Å²) in [5, 5.41) is 0. The molecule has 0 saturated heterocycles. The van der Waals surface area contributed by atoms with Crippen molar-refractivity contribution in [3.05, 3.63) is 58.4 Å². The van der Waals surface area contributed by atoms with E-state index in [-0.39, 0.29) is 43.3 Å². The number of terminal acetylenes is 1. The van der Waals surface area contributed by atoms with Gasteiger partial charge in [0.25, 0.3) is 5.91 Å². The lowest BCUT2D eigenvalue weighted by atomic mass is 10.2. The van der Waals surface area contributed by atoms with Gasteiger partial charge >= 0.3 is 0 Å². The molecule has 2 aromatic carbocycles. The first-order chi connectivity index (χ1) is 16.3. The van der Waals surface area contributed by atoms with Gasteiger partial charge in [0, 0.05) is 32.9 Å². The SMILES string of the molecule is C#CCn1c(=NC(=O)c2ccc(S(=O)(=O)N(CCOC)CCOC)cc2)sc2cccc(C)c21. The Labute approximate surface area is 203 Å². The number of hydrogen-bond acceptors (Lipinski definition) is 6. The molecule has 0 N–H and O–H groups in total. The van der Waals surface area contributed by atoms with E-state index in [2.05, 4.69) is 10.9 Å². The van der Waals surface area contributed by atoms with Crippen LogP contribution in [0, 0.1) is 19.3 Å². The molecule has 10 heteroatoms. The number of thiazole rings is 1. The second kappa shape index (κ2) is 11.6. The highest BCUT2D eigenvalue weighted by Crippen LogP contribution is 2.21. The van der Waals surface area contributed by atoms with Gasteiger partial charge in [-0.1, -0.05) is 29.4 Å². The number of rotatable bonds is 10. The molecule has 1 amide bonds. The molecule has 0 saturated carbocycles. The minimum absolute atomic E-state index is 0.0798. The molecule has 8 nitrogen and oxygen atoms in total. The van der Waals surface area contributed by atoms with Crippen LogP contribution in [-0.2, 0) is 26.0 Å². The molecule has 0 aliphatic rings. The molecule has 0 radical (unpaired) electrons. The second-order valence-electron chi connectivity index (χ2n) is 7.43. The molecular formula is C24H27N3O5S2. The lowest BCUT2D eigenvalue weighted by molar-refractivity contribution is 0.0998. The number of aryl methyl sites for hydroxylation is 1. The van der Waals surface area contributed by atoms with E-state index in [1.54, 1.807) is 0 Å². The highest BCUT2D eigenvalue weighted by molar-refractivity contribution is 7.89. The predicted octanol–water partition coefficient (Wildman–Crippen LogP) is 2.67. The summed E-state index contributed by atoms with van der Waals surface area (Å²) in [6, 6.07) is 11.6. The third-order valence-corrected chi connectivity index (χ3v) is 8.13. The summed E-state index contributed by atoms with van der Waals surface area (Å²) in [6.45, 7) is 3.16. The zero-order chi connectivity index (χ0) is 24.7. The smallest absolute Gasteiger partial charge is 0.279 e. The number of para-hydroxylation sites is 1. The average Bonchev–Trinajstić information content (AvgIpc) is 3.17. The van der Waals surface area contributed by atoms with Gasteiger partial charge in [-0.25, -0.2) is 8.42 Å². The Balaban J connectivity index is 1.92. The topological polar surface area (TPSA) is 90.2 Å². The van der Waals surface area contributed by atoms with E-state index in [0.29, 0.717) is 4.80 Å². The van der Waals surface area contributed by atoms with Crippen LogP contribution in [0.15, 0.2) is 52.4 Å². The van der Waals surface area contributed by atoms with E-state index in [1.165, 1.54) is 54.1 Å². The van der Waals surface area contributed by atoms with Crippen LogP contribution in [0.2, 0.25) is 0 Å². The molecule has 34 heavy (non-hydrogen) atoms. The van der Waals surface area contributed by atoms with Crippen LogP contribution in [0.5, 0.6) is 0 Å². The highest BCUT2D eigenvalue weighted by atomic mass is 32.2. The molecule has 3 rings (SSSR count). The molecule has 0 aliphatic heterocycles. The minimum atomic E-state index is -3.78. The summed E-state index contributed by atoms with van der Waals surface area (Å²) >= 11 is 1.38. The Morgan fingerprint density at radius 3 is 2.35 bits per heavy atom. The summed E-state index contributed by atoms with van der Waals surface area (Å²) in [5.74, 6) is 2.14. The number of carbonyl (C=O) groups is 1. The van der Waals surface area contributed by atoms with Crippen LogP contribution in [0.3, 0.4) is 0 Å². The zero-order valence-electron chi connectivity index (χ0n) is 19.4. The van der Waals surface area contributed by atoms with E-state index in [0.717, 1.165) is 15.8 Å². The van der Waals surface area contributed by atoms with Crippen LogP contribution in [-0.4, -0.2) is 63.7 Å². The maximum Gasteiger partial charge on any atom is 0.279 e. The lowest BCUT2D eigenvalue weighted by Gasteiger charge is -2.21. The monoisotopic (exact) mass is 501 g/mol. The number of benzene rings is 2. The highest BCUT2D eigenvalue weighted by Gasteiger charge is 2.24. The van der Waals surface area contributed by atoms with Crippen LogP contribution in [0.25, 0.3) is 10.2 Å². The summed E-state index contributed by atoms with van der Waals surface area (Å²) < 4.78 is 40.3. The van der Waals surface area contributed by atoms with E-state index >= 15 is 0 Å². The number of hydrogen-bond donors (Lipinski definition) is 0. The number of carbonyl (C=O) groups excluding carboxylic acids is 1. The van der Waals surface area contributed by atoms with E-state index in [9.17, 15) is 13.2 Å². The summed E-state index contributed by atoms with van der Waals surface area (Å²) in [6.07, 6.45) is 5.54. The first-order valence-electron chi connectivity index (χ1n) is 10.5. The van der Waals surface area contributed by atoms with Crippen molar-refractivity contribution in [2.75, 3.05) is 40.5 Å². The van der Waals surface area contributed by atoms with Gasteiger partial charge in [0.1, 0.15) is 0 Å². The maximum atomic E-state index is 13.1. The molecule has 0 bridgehead atoms. The molecule has 1 aromatic heterocycles. The van der Waals surface area contributed by atoms with Crippen molar-refractivity contribution in [1.29, 1.82) is 0 Å². The van der Waals surface area contributed by atoms with Gasteiger partial charge < -0.3 is 14.0 Å². The van der Waals surface area contributed by atoms with Gasteiger partial charge in [0.15, 0.2) is 4.80 Å². The van der Waals surface area contributed by atoms with Crippen LogP contribution >= 0.6 is 11.3 Å². The van der Waals surface area contributed by atoms with Crippen LogP contribution in [0.1, 0.15) is 15.9 Å². The maximum absolute atomic E-state index is 13.1. The molecular weight excluding hydrogens is 474 g/mol. The number of methoxy groups -OCH3 is 2. The average molecular weight is 502 g/mol. The van der Waals surface area contributed by atoms with Gasteiger partial charge in [-0.05, 0) is 42.8 Å². The summed E-state index contributed by atoms with van der Waals surface area (Å²) in [5.41, 5.74) is 2.27. The number of aromatic nitrogens is 1. The van der Waals surface area contributed by atoms with E-state index in [4.69, 9.17) is 15.9 Å². The van der Waals surface area contributed by atoms with Gasteiger partial charge in [-0.2, -0.15) is 9.30 Å². The first-order valence-corrected chi connectivity index (χ1v) is 12.8. The third kappa shape index (κ3) is 5.63. The van der Waals surface area contributed by atoms with Crippen molar-refractivity contribution < 1.29 is 22.7 Å². The van der Waals surface area contributed by atoms with Crippen molar-refractivity contribution in [2.45, 2.75) is 18.4 Å². The molecule has 0 spiro atoms. The van der Waals surface area contributed by atoms with Crippen molar-refractivity contribution in [3.8, 4) is 12.3 Å². The van der Waals surface area contributed by atoms with Crippen molar-refractivity contribution in [3.63, 3.8) is 0 Å². The lowest BCUT2D eigenvalue weighted by Crippen LogP contribution is -2.36. The predicted molar refractivity (Wildman–Crippen MR) is 132 cm³/mol. The quantitative estimate of drug-likeness (QED) is 0.399. The number of ether oxygens (including phenoxy) is 2. The number of nitrogens with zero attached hydrogens (tertiary/aromatic N) is 3. The van der Waals surface area contributed by atoms with E-state index in [1.807, 2.05) is 29.7 Å². The number of amides is 1. The fraction of sp³-hybridized carbons (Fsp3) is 0.333. The minimum Gasteiger partial charge on any atom is -0.383 e. The Morgan fingerprint density at radius 2 is 1.76 bits per heavy atom. The third-order valence-electron chi connectivity index (χ3n) is 5.18. The Bertz CT molecular complexity index is 1360. The number of sulfonamides is 1. The molecule has 0 aliphatic carbocycles. The number of fused-ring (bicyclic) bond motifs is 1. The van der Waals surface area contributed by atoms with Crippen molar-refractivity contribution >= 4 is 37.5 Å². The molecule has 1 heterocycles. The van der Waals surface area contributed by atoms with Gasteiger partial charge in [-0.15, -0.1) is 6.42 Å². The summed E-state index contributed by atoms with van der Waals surface area (Å²) in [4.78, 5) is 17.8. The van der Waals surface area contributed by atoms with Crippen LogP contribution < -0.4 is 4.80 Å². The fourth-order valence-corrected chi connectivity index (χ4v) is 5.95. The molecule has 0 atom stereocenters. The molecule has 180 valence electrons. The van der Waals surface area contributed by atoms with Gasteiger partial charge in [0.2, 0.25) is 10.0 Å². The standard InChI is InChI=1S/C24H27N3O5S2/c1-5-13-27-22-18(2)7-6-8-21(22)33-24(27)25-23(28)19-9-11-20(12-10-19)34(29,30)26(14-16-31-3)15-17-32-4/h1,6-12H,13-17H2,2-4H3.